The maximum absolute atomic E-state index is 12.0. The third-order valence-corrected chi connectivity index (χ3v) is 4.16. The second kappa shape index (κ2) is 5.39. The number of carbonyl (C=O) groups is 1. The number of halogens is 1. The molecule has 0 unspecified atom stereocenters. The lowest BCUT2D eigenvalue weighted by Crippen LogP contribution is -2.15. The topological polar surface area (TPSA) is 102 Å². The maximum Gasteiger partial charge on any atom is 0.260 e. The van der Waals surface area contributed by atoms with Gasteiger partial charge >= 0.3 is 0 Å². The van der Waals surface area contributed by atoms with Gasteiger partial charge in [-0.25, -0.2) is 13.6 Å². The lowest BCUT2D eigenvalue weighted by atomic mass is 10.2. The van der Waals surface area contributed by atoms with E-state index in [2.05, 4.69) is 21.2 Å². The number of nitrogens with two attached hydrogens (primary N) is 1. The molecule has 0 aliphatic rings. The Morgan fingerprint density at radius 3 is 2.55 bits per heavy atom. The summed E-state index contributed by atoms with van der Waals surface area (Å²) in [6, 6.07) is 5.74. The van der Waals surface area contributed by atoms with Crippen molar-refractivity contribution in [3.05, 3.63) is 46.3 Å². The maximum atomic E-state index is 12.0. The Morgan fingerprint density at radius 1 is 1.35 bits per heavy atom. The highest BCUT2D eigenvalue weighted by atomic mass is 79.9. The summed E-state index contributed by atoms with van der Waals surface area (Å²) in [7, 11) is -3.76. The smallest absolute Gasteiger partial charge is 0.260 e. The molecule has 0 atom stereocenters. The van der Waals surface area contributed by atoms with E-state index in [9.17, 15) is 13.2 Å². The van der Waals surface area contributed by atoms with Gasteiger partial charge in [-0.2, -0.15) is 0 Å². The van der Waals surface area contributed by atoms with Crippen molar-refractivity contribution in [3.8, 4) is 0 Å². The van der Waals surface area contributed by atoms with Crippen molar-refractivity contribution < 1.29 is 17.6 Å². The summed E-state index contributed by atoms with van der Waals surface area (Å²) in [6.45, 7) is 1.68. The van der Waals surface area contributed by atoms with Crippen molar-refractivity contribution in [3.63, 3.8) is 0 Å². The molecule has 0 radical (unpaired) electrons. The molecule has 0 bridgehead atoms. The van der Waals surface area contributed by atoms with Crippen LogP contribution in [0.15, 0.2) is 44.5 Å². The third kappa shape index (κ3) is 3.09. The second-order valence-corrected chi connectivity index (χ2v) is 6.37. The molecule has 0 saturated carbocycles. The molecule has 6 nitrogen and oxygen atoms in total. The quantitative estimate of drug-likeness (QED) is 0.877. The summed E-state index contributed by atoms with van der Waals surface area (Å²) in [4.78, 5) is 12.0. The second-order valence-electron chi connectivity index (χ2n) is 4.08. The first-order chi connectivity index (χ1) is 9.29. The predicted molar refractivity (Wildman–Crippen MR) is 76.9 cm³/mol. The number of rotatable bonds is 3. The highest BCUT2D eigenvalue weighted by molar-refractivity contribution is 9.10. The van der Waals surface area contributed by atoms with Crippen LogP contribution >= 0.6 is 15.9 Å². The lowest BCUT2D eigenvalue weighted by Gasteiger charge is -2.09. The Hall–Kier alpha value is -1.64. The van der Waals surface area contributed by atoms with Gasteiger partial charge < -0.3 is 9.73 Å². The Labute approximate surface area is 124 Å². The standard InChI is InChI=1S/C12H11BrN2O4S/c1-7-6-8(20(14,17)18)2-3-10(7)15-12(16)9-4-5-19-11(9)13/h2-6H,1H3,(H,15,16)(H2,14,17,18). The van der Waals surface area contributed by atoms with Crippen molar-refractivity contribution in [2.75, 3.05) is 5.32 Å². The van der Waals surface area contributed by atoms with Crippen LogP contribution in [0.2, 0.25) is 0 Å². The summed E-state index contributed by atoms with van der Waals surface area (Å²) in [5.41, 5.74) is 1.43. The minimum Gasteiger partial charge on any atom is -0.457 e. The molecule has 0 spiro atoms. The Balaban J connectivity index is 2.27. The lowest BCUT2D eigenvalue weighted by molar-refractivity contribution is 0.102. The minimum atomic E-state index is -3.76. The van der Waals surface area contributed by atoms with Crippen molar-refractivity contribution in [1.29, 1.82) is 0 Å². The van der Waals surface area contributed by atoms with Gasteiger partial charge in [-0.05, 0) is 52.7 Å². The molecule has 8 heteroatoms. The van der Waals surface area contributed by atoms with Crippen molar-refractivity contribution in [1.82, 2.24) is 0 Å². The van der Waals surface area contributed by atoms with Crippen molar-refractivity contribution in [2.24, 2.45) is 5.14 Å². The molecule has 0 fully saturated rings. The molecule has 1 amide bonds. The molecule has 106 valence electrons. The van der Waals surface area contributed by atoms with Gasteiger partial charge in [0.25, 0.3) is 5.91 Å². The van der Waals surface area contributed by atoms with Gasteiger partial charge in [-0.15, -0.1) is 0 Å². The molecule has 1 aromatic heterocycles. The number of primary sulfonamides is 1. The fourth-order valence-corrected chi connectivity index (χ4v) is 2.62. The summed E-state index contributed by atoms with van der Waals surface area (Å²) < 4.78 is 27.7. The van der Waals surface area contributed by atoms with Gasteiger partial charge in [-0.1, -0.05) is 0 Å². The number of nitrogens with one attached hydrogen (secondary N) is 1. The minimum absolute atomic E-state index is 0.00232. The SMILES string of the molecule is Cc1cc(S(N)(=O)=O)ccc1NC(=O)c1ccoc1Br. The highest BCUT2D eigenvalue weighted by Crippen LogP contribution is 2.22. The molecule has 0 aliphatic heterocycles. The van der Waals surface area contributed by atoms with E-state index in [-0.39, 0.29) is 10.8 Å². The molecule has 2 rings (SSSR count). The number of amides is 1. The number of hydrogen-bond acceptors (Lipinski definition) is 4. The fraction of sp³-hybridized carbons (Fsp3) is 0.0833. The number of hydrogen-bond donors (Lipinski definition) is 2. The largest absolute Gasteiger partial charge is 0.457 e. The van der Waals surface area contributed by atoms with Crippen LogP contribution in [-0.2, 0) is 10.0 Å². The fourth-order valence-electron chi connectivity index (χ4n) is 1.60. The van der Waals surface area contributed by atoms with Crippen molar-refractivity contribution in [2.45, 2.75) is 11.8 Å². The first-order valence-electron chi connectivity index (χ1n) is 5.47. The molecule has 3 N–H and O–H groups in total. The van der Waals surface area contributed by atoms with Crippen LogP contribution in [0.4, 0.5) is 5.69 Å². The third-order valence-electron chi connectivity index (χ3n) is 2.64. The van der Waals surface area contributed by atoms with Crippen LogP contribution < -0.4 is 10.5 Å². The van der Waals surface area contributed by atoms with Crippen LogP contribution in [0.25, 0.3) is 0 Å². The zero-order valence-electron chi connectivity index (χ0n) is 10.4. The number of anilines is 1. The van der Waals surface area contributed by atoms with E-state index in [1.54, 1.807) is 6.92 Å². The van der Waals surface area contributed by atoms with E-state index >= 15 is 0 Å². The number of carbonyl (C=O) groups excluding carboxylic acids is 1. The molecular weight excluding hydrogens is 348 g/mol. The molecule has 1 heterocycles. The van der Waals surface area contributed by atoms with Crippen LogP contribution in [0.3, 0.4) is 0 Å². The Kier molecular flexibility index (Phi) is 3.98. The first kappa shape index (κ1) is 14.8. The van der Waals surface area contributed by atoms with Gasteiger partial charge in [0.1, 0.15) is 0 Å². The van der Waals surface area contributed by atoms with E-state index in [1.807, 2.05) is 0 Å². The average molecular weight is 359 g/mol. The van der Waals surface area contributed by atoms with E-state index in [0.29, 0.717) is 21.5 Å². The summed E-state index contributed by atoms with van der Waals surface area (Å²) in [5.74, 6) is -0.364. The zero-order chi connectivity index (χ0) is 14.9. The van der Waals surface area contributed by atoms with Gasteiger partial charge in [-0.3, -0.25) is 4.79 Å². The van der Waals surface area contributed by atoms with Crippen LogP contribution in [0.5, 0.6) is 0 Å². The summed E-state index contributed by atoms with van der Waals surface area (Å²) >= 11 is 3.11. The van der Waals surface area contributed by atoms with E-state index in [1.165, 1.54) is 30.5 Å². The van der Waals surface area contributed by atoms with E-state index in [0.717, 1.165) is 0 Å². The zero-order valence-corrected chi connectivity index (χ0v) is 12.8. The molecule has 1 aromatic carbocycles. The molecule has 0 aliphatic carbocycles. The van der Waals surface area contributed by atoms with Crippen LogP contribution in [-0.4, -0.2) is 14.3 Å². The van der Waals surface area contributed by atoms with Gasteiger partial charge in [0.05, 0.1) is 16.7 Å². The number of furan rings is 1. The van der Waals surface area contributed by atoms with E-state index < -0.39 is 10.0 Å². The Bertz CT molecular complexity index is 768. The number of sulfonamides is 1. The predicted octanol–water partition coefficient (Wildman–Crippen LogP) is 2.25. The van der Waals surface area contributed by atoms with Gasteiger partial charge in [0, 0.05) is 5.69 Å². The number of benzene rings is 1. The van der Waals surface area contributed by atoms with Crippen LogP contribution in [0.1, 0.15) is 15.9 Å². The average Bonchev–Trinajstić information content (AvgIpc) is 2.76. The molecular formula is C12H11BrN2O4S. The summed E-state index contributed by atoms with van der Waals surface area (Å²) in [6.07, 6.45) is 1.38. The summed E-state index contributed by atoms with van der Waals surface area (Å²) in [5, 5.41) is 7.71. The first-order valence-corrected chi connectivity index (χ1v) is 7.81. The number of aryl methyl sites for hydroxylation is 1. The molecule has 0 saturated heterocycles. The van der Waals surface area contributed by atoms with Gasteiger partial charge in [0.2, 0.25) is 10.0 Å². The van der Waals surface area contributed by atoms with E-state index in [4.69, 9.17) is 9.56 Å². The van der Waals surface area contributed by atoms with Gasteiger partial charge in [0.15, 0.2) is 4.67 Å². The van der Waals surface area contributed by atoms with Crippen LogP contribution in [0, 0.1) is 6.92 Å². The molecule has 2 aromatic rings. The monoisotopic (exact) mass is 358 g/mol. The highest BCUT2D eigenvalue weighted by Gasteiger charge is 2.15. The Morgan fingerprint density at radius 2 is 2.05 bits per heavy atom. The van der Waals surface area contributed by atoms with Crippen molar-refractivity contribution >= 4 is 37.5 Å². The normalized spacial score (nSPS) is 11.3. The molecule has 20 heavy (non-hydrogen) atoms.